The molecule has 0 bridgehead atoms. The number of aliphatic hydroxyl groups is 1. The Morgan fingerprint density at radius 3 is 1.10 bits per heavy atom. The van der Waals surface area contributed by atoms with Gasteiger partial charge >= 0.3 is 0 Å². The molecule has 0 radical (unpaired) electrons. The number of rotatable bonds is 60. The van der Waals surface area contributed by atoms with Crippen molar-refractivity contribution in [3.8, 4) is 0 Å². The number of hydrogen-bond donors (Lipinski definition) is 2. The lowest BCUT2D eigenvalue weighted by Crippen LogP contribution is -2.46. The number of phosphoric ester groups is 1. The van der Waals surface area contributed by atoms with E-state index in [4.69, 9.17) is 9.05 Å². The van der Waals surface area contributed by atoms with Crippen molar-refractivity contribution in [3.05, 3.63) is 122 Å². The summed E-state index contributed by atoms with van der Waals surface area (Å²) in [4.78, 5) is 25.6. The number of hydrogen-bond acceptors (Lipinski definition) is 6. The molecule has 466 valence electrons. The first-order chi connectivity index (χ1) is 39.5. The molecule has 0 aromatic carbocycles. The second-order valence-corrected chi connectivity index (χ2v) is 24.9. The molecule has 0 fully saturated rings. The van der Waals surface area contributed by atoms with Crippen LogP contribution in [0.15, 0.2) is 122 Å². The number of likely N-dealkylation sites (N-methyl/N-ethyl adjacent to an activating group) is 1. The van der Waals surface area contributed by atoms with Crippen LogP contribution < -0.4 is 10.2 Å². The molecule has 0 heterocycles. The van der Waals surface area contributed by atoms with Gasteiger partial charge < -0.3 is 28.8 Å². The molecule has 0 aliphatic rings. The zero-order valence-corrected chi connectivity index (χ0v) is 54.1. The Hall–Kier alpha value is -3.10. The normalized spacial score (nSPS) is 14.5. The van der Waals surface area contributed by atoms with Gasteiger partial charge in [-0.25, -0.2) is 0 Å². The summed E-state index contributed by atoms with van der Waals surface area (Å²) < 4.78 is 23.5. The molecule has 3 unspecified atom stereocenters. The van der Waals surface area contributed by atoms with Gasteiger partial charge in [0.15, 0.2) is 0 Å². The fraction of sp³-hybridized carbons (Fsp3) is 0.708. The van der Waals surface area contributed by atoms with E-state index in [-0.39, 0.29) is 19.1 Å². The second-order valence-electron chi connectivity index (χ2n) is 23.4. The SMILES string of the molecule is CC/C=C\C/C=C\C/C=C\C/C=C\C/C=C\C/C=C\C/C=C\C/C=C\C/C=C\C/C=C\CCCCCCC(=O)NC(COP(=O)([O-])OCC[N+](C)(C)C)C(O)CCCCCCCCCCCCCCCCCCCCCCCCCC. The van der Waals surface area contributed by atoms with Gasteiger partial charge in [-0.15, -0.1) is 0 Å². The fourth-order valence-electron chi connectivity index (χ4n) is 9.31. The van der Waals surface area contributed by atoms with Crippen molar-refractivity contribution < 1.29 is 32.9 Å². The lowest BCUT2D eigenvalue weighted by atomic mass is 10.0. The molecule has 81 heavy (non-hydrogen) atoms. The molecule has 0 rings (SSSR count). The molecule has 1 amide bonds. The van der Waals surface area contributed by atoms with E-state index in [1.165, 1.54) is 135 Å². The average Bonchev–Trinajstić information content (AvgIpc) is 3.43. The van der Waals surface area contributed by atoms with Crippen LogP contribution in [-0.2, 0) is 18.4 Å². The van der Waals surface area contributed by atoms with Crippen molar-refractivity contribution in [2.24, 2.45) is 0 Å². The molecule has 0 saturated heterocycles. The van der Waals surface area contributed by atoms with Crippen molar-refractivity contribution in [2.45, 2.75) is 289 Å². The number of unbranched alkanes of at least 4 members (excludes halogenated alkanes) is 27. The van der Waals surface area contributed by atoms with Gasteiger partial charge in [0, 0.05) is 6.42 Å². The Bertz CT molecular complexity index is 1730. The van der Waals surface area contributed by atoms with Crippen molar-refractivity contribution in [3.63, 3.8) is 0 Å². The number of carbonyl (C=O) groups is 1. The summed E-state index contributed by atoms with van der Waals surface area (Å²) in [5.74, 6) is -0.191. The minimum absolute atomic E-state index is 0.000834. The van der Waals surface area contributed by atoms with Gasteiger partial charge in [-0.05, 0) is 89.9 Å². The zero-order chi connectivity index (χ0) is 59.1. The van der Waals surface area contributed by atoms with Crippen LogP contribution in [0.3, 0.4) is 0 Å². The Balaban J connectivity index is 4.20. The number of aliphatic hydroxyl groups excluding tert-OH is 1. The summed E-state index contributed by atoms with van der Waals surface area (Å²) in [5.41, 5.74) is 0. The van der Waals surface area contributed by atoms with Crippen LogP contribution in [0.25, 0.3) is 0 Å². The van der Waals surface area contributed by atoms with Gasteiger partial charge in [0.1, 0.15) is 13.2 Å². The molecule has 2 N–H and O–H groups in total. The number of nitrogens with one attached hydrogen (secondary N) is 1. The maximum Gasteiger partial charge on any atom is 0.268 e. The van der Waals surface area contributed by atoms with E-state index < -0.39 is 20.0 Å². The summed E-state index contributed by atoms with van der Waals surface area (Å²) in [6.45, 7) is 4.60. The lowest BCUT2D eigenvalue weighted by Gasteiger charge is -2.30. The van der Waals surface area contributed by atoms with Crippen LogP contribution >= 0.6 is 7.82 Å². The van der Waals surface area contributed by atoms with E-state index in [1.54, 1.807) is 0 Å². The monoisotopic (exact) mass is 1150 g/mol. The zero-order valence-electron chi connectivity index (χ0n) is 53.2. The molecule has 0 saturated carbocycles. The maximum absolute atomic E-state index is 13.0. The third-order valence-electron chi connectivity index (χ3n) is 14.5. The molecule has 9 heteroatoms. The summed E-state index contributed by atoms with van der Waals surface area (Å²) in [5, 5.41) is 14.1. The van der Waals surface area contributed by atoms with E-state index in [0.29, 0.717) is 23.9 Å². The van der Waals surface area contributed by atoms with E-state index in [1.807, 2.05) is 21.1 Å². The quantitative estimate of drug-likeness (QED) is 0.0272. The Morgan fingerprint density at radius 1 is 0.444 bits per heavy atom. The van der Waals surface area contributed by atoms with Crippen molar-refractivity contribution >= 4 is 13.7 Å². The standard InChI is InChI=1S/C72H127N2O6P/c1-6-8-10-12-14-16-18-20-22-24-26-28-30-32-33-34-35-36-37-38-39-40-41-42-44-46-48-50-52-54-56-58-60-62-64-66-72(76)73-70(69-80-81(77,78)79-68-67-74(3,4)5)71(75)65-63-61-59-57-55-53-51-49-47-45-43-31-29-27-25-23-21-19-17-15-13-11-9-7-2/h8,10,14,16,20,22,26,28,32-33,35-36,38-39,41-42,46,48,52,54,70-71,75H,6-7,9,11-13,15,17-19,21,23-25,27,29-31,34,37,40,43-45,47,49-51,53,55-69H2,1-5H3,(H-,73,76,77,78)/b10-8-,16-14-,22-20-,28-26-,33-32-,36-35-,39-38-,42-41-,48-46-,54-52-. The van der Waals surface area contributed by atoms with Gasteiger partial charge in [-0.2, -0.15) is 0 Å². The number of quaternary nitrogens is 1. The minimum Gasteiger partial charge on any atom is -0.756 e. The first-order valence-corrected chi connectivity index (χ1v) is 34.8. The number of carbonyl (C=O) groups excluding carboxylic acids is 1. The summed E-state index contributed by atoms with van der Waals surface area (Å²) >= 11 is 0. The Kier molecular flexibility index (Phi) is 59.1. The predicted octanol–water partition coefficient (Wildman–Crippen LogP) is 20.6. The van der Waals surface area contributed by atoms with Crippen molar-refractivity contribution in [1.82, 2.24) is 5.32 Å². The molecule has 8 nitrogen and oxygen atoms in total. The minimum atomic E-state index is -4.60. The van der Waals surface area contributed by atoms with Crippen LogP contribution in [0.5, 0.6) is 0 Å². The van der Waals surface area contributed by atoms with E-state index in [0.717, 1.165) is 116 Å². The molecule has 0 aromatic heterocycles. The highest BCUT2D eigenvalue weighted by Gasteiger charge is 2.24. The molecular formula is C72H127N2O6P. The first-order valence-electron chi connectivity index (χ1n) is 33.4. The molecule has 0 spiro atoms. The third-order valence-corrected chi connectivity index (χ3v) is 15.4. The highest BCUT2D eigenvalue weighted by Crippen LogP contribution is 2.38. The third kappa shape index (κ3) is 64.3. The number of amides is 1. The summed E-state index contributed by atoms with van der Waals surface area (Å²) in [7, 11) is 1.28. The van der Waals surface area contributed by atoms with E-state index >= 15 is 0 Å². The lowest BCUT2D eigenvalue weighted by molar-refractivity contribution is -0.870. The Morgan fingerprint density at radius 2 is 0.753 bits per heavy atom. The van der Waals surface area contributed by atoms with Gasteiger partial charge in [-0.1, -0.05) is 302 Å². The summed E-state index contributed by atoms with van der Waals surface area (Å²) in [6.07, 6.45) is 91.1. The van der Waals surface area contributed by atoms with Crippen molar-refractivity contribution in [2.75, 3.05) is 40.9 Å². The van der Waals surface area contributed by atoms with Gasteiger partial charge in [0.2, 0.25) is 5.91 Å². The summed E-state index contributed by atoms with van der Waals surface area (Å²) in [6, 6.07) is -0.825. The van der Waals surface area contributed by atoms with Gasteiger partial charge in [-0.3, -0.25) is 9.36 Å². The molecule has 0 aliphatic heterocycles. The molecule has 0 aliphatic carbocycles. The van der Waals surface area contributed by atoms with Crippen LogP contribution in [0, 0.1) is 0 Å². The highest BCUT2D eigenvalue weighted by atomic mass is 31.2. The number of nitrogens with zero attached hydrogens (tertiary/aromatic N) is 1. The van der Waals surface area contributed by atoms with Crippen LogP contribution in [0.1, 0.15) is 277 Å². The smallest absolute Gasteiger partial charge is 0.268 e. The van der Waals surface area contributed by atoms with E-state index in [9.17, 15) is 19.4 Å². The van der Waals surface area contributed by atoms with Gasteiger partial charge in [0.25, 0.3) is 7.82 Å². The second kappa shape index (κ2) is 61.5. The van der Waals surface area contributed by atoms with Crippen LogP contribution in [-0.4, -0.2) is 68.5 Å². The highest BCUT2D eigenvalue weighted by molar-refractivity contribution is 7.45. The van der Waals surface area contributed by atoms with Crippen LogP contribution in [0.2, 0.25) is 0 Å². The van der Waals surface area contributed by atoms with Crippen molar-refractivity contribution in [1.29, 1.82) is 0 Å². The first kappa shape index (κ1) is 77.9. The maximum atomic E-state index is 13.0. The topological polar surface area (TPSA) is 108 Å². The number of allylic oxidation sites excluding steroid dienone is 20. The number of phosphoric acid groups is 1. The predicted molar refractivity (Wildman–Crippen MR) is 352 cm³/mol. The molecular weight excluding hydrogens is 1020 g/mol. The van der Waals surface area contributed by atoms with E-state index in [2.05, 4.69) is 141 Å². The largest absolute Gasteiger partial charge is 0.756 e. The average molecular weight is 1150 g/mol. The fourth-order valence-corrected chi connectivity index (χ4v) is 10.0. The van der Waals surface area contributed by atoms with Gasteiger partial charge in [0.05, 0.1) is 39.9 Å². The van der Waals surface area contributed by atoms with Crippen LogP contribution in [0.4, 0.5) is 0 Å². The molecule has 0 aromatic rings. The molecule has 3 atom stereocenters. The Labute approximate surface area is 501 Å².